The monoisotopic (exact) mass is 443 g/mol. The molecule has 0 spiro atoms. The molecule has 0 aliphatic heterocycles. The molecule has 33 heavy (non-hydrogen) atoms. The third-order valence-electron chi connectivity index (χ3n) is 5.08. The number of alkyl carbamates (subject to hydrolysis) is 1. The number of nitrogens with zero attached hydrogens (tertiary/aromatic N) is 4. The van der Waals surface area contributed by atoms with Gasteiger partial charge in [-0.25, -0.2) is 14.8 Å². The van der Waals surface area contributed by atoms with E-state index < -0.39 is 6.09 Å². The lowest BCUT2D eigenvalue weighted by Gasteiger charge is -2.11. The molecule has 3 aromatic heterocycles. The minimum Gasteiger partial charge on any atom is -0.445 e. The van der Waals surface area contributed by atoms with E-state index in [1.165, 1.54) is 0 Å². The Bertz CT molecular complexity index is 1410. The number of anilines is 2. The van der Waals surface area contributed by atoms with Crippen molar-refractivity contribution >= 4 is 34.1 Å². The second-order valence-corrected chi connectivity index (χ2v) is 7.35. The Morgan fingerprint density at radius 2 is 2.06 bits per heavy atom. The van der Waals surface area contributed by atoms with Crippen molar-refractivity contribution in [3.8, 4) is 11.3 Å². The van der Waals surface area contributed by atoms with Crippen LogP contribution in [0.25, 0.3) is 27.8 Å². The number of carbonyl (C=O) groups excluding carboxylic acids is 1. The molecule has 3 heterocycles. The highest BCUT2D eigenvalue weighted by Crippen LogP contribution is 2.26. The first kappa shape index (κ1) is 20.5. The molecule has 1 amide bonds. The third kappa shape index (κ3) is 4.46. The maximum absolute atomic E-state index is 11.5. The Morgan fingerprint density at radius 3 is 2.91 bits per heavy atom. The second kappa shape index (κ2) is 8.97. The second-order valence-electron chi connectivity index (χ2n) is 7.35. The van der Waals surface area contributed by atoms with Crippen LogP contribution in [0.2, 0.25) is 0 Å². The predicted octanol–water partition coefficient (Wildman–Crippen LogP) is 3.23. The number of rotatable bonds is 7. The molecule has 166 valence electrons. The molecule has 2 aromatic carbocycles. The number of carbonyl (C=O) groups is 1. The molecule has 5 rings (SSSR count). The van der Waals surface area contributed by atoms with Gasteiger partial charge in [-0.05, 0) is 23.8 Å². The quantitative estimate of drug-likeness (QED) is 0.304. The lowest BCUT2D eigenvalue weighted by molar-refractivity contribution is 0.137. The smallest absolute Gasteiger partial charge is 0.407 e. The molecular formula is C23H21N7O3. The minimum absolute atomic E-state index is 0.131. The molecule has 0 unspecified atom stereocenters. The van der Waals surface area contributed by atoms with Crippen molar-refractivity contribution in [1.82, 2.24) is 29.9 Å². The Morgan fingerprint density at radius 1 is 1.18 bits per heavy atom. The van der Waals surface area contributed by atoms with E-state index in [0.29, 0.717) is 11.5 Å². The molecule has 5 aromatic rings. The van der Waals surface area contributed by atoms with Crippen LogP contribution in [-0.2, 0) is 11.3 Å². The van der Waals surface area contributed by atoms with Gasteiger partial charge in [-0.3, -0.25) is 5.10 Å². The number of aliphatic hydroxyl groups is 1. The number of nitrogens with one attached hydrogen (secondary N) is 3. The molecule has 0 saturated carbocycles. The first-order valence-corrected chi connectivity index (χ1v) is 10.3. The summed E-state index contributed by atoms with van der Waals surface area (Å²) in [6, 6.07) is 13.5. The van der Waals surface area contributed by atoms with Gasteiger partial charge >= 0.3 is 6.09 Å². The fraction of sp³-hybridized carbons (Fsp3) is 0.130. The van der Waals surface area contributed by atoms with E-state index in [4.69, 9.17) is 14.8 Å². The number of aromatic amines is 1. The molecule has 0 bridgehead atoms. The predicted molar refractivity (Wildman–Crippen MR) is 123 cm³/mol. The number of imidazole rings is 1. The summed E-state index contributed by atoms with van der Waals surface area (Å²) < 4.78 is 7.04. The zero-order valence-corrected chi connectivity index (χ0v) is 17.5. The van der Waals surface area contributed by atoms with Crippen LogP contribution in [0.5, 0.6) is 0 Å². The molecule has 10 nitrogen and oxygen atoms in total. The number of aromatic nitrogens is 5. The van der Waals surface area contributed by atoms with E-state index >= 15 is 0 Å². The summed E-state index contributed by atoms with van der Waals surface area (Å²) in [5.41, 5.74) is 5.05. The van der Waals surface area contributed by atoms with Crippen molar-refractivity contribution in [3.63, 3.8) is 0 Å². The molecule has 10 heteroatoms. The topological polar surface area (TPSA) is 129 Å². The van der Waals surface area contributed by atoms with Crippen LogP contribution in [0.4, 0.5) is 16.3 Å². The van der Waals surface area contributed by atoms with Crippen molar-refractivity contribution in [1.29, 1.82) is 0 Å². The Labute approximate surface area is 188 Å². The number of benzene rings is 2. The van der Waals surface area contributed by atoms with Gasteiger partial charge in [0.25, 0.3) is 0 Å². The molecular weight excluding hydrogens is 422 g/mol. The number of amides is 1. The van der Waals surface area contributed by atoms with Gasteiger partial charge in [0.2, 0.25) is 0 Å². The van der Waals surface area contributed by atoms with Crippen LogP contribution < -0.4 is 10.6 Å². The summed E-state index contributed by atoms with van der Waals surface area (Å²) in [4.78, 5) is 20.7. The molecule has 0 aliphatic carbocycles. The molecule has 0 saturated heterocycles. The Balaban J connectivity index is 1.36. The lowest BCUT2D eigenvalue weighted by atomic mass is 10.1. The van der Waals surface area contributed by atoms with Gasteiger partial charge in [-0.2, -0.15) is 5.10 Å². The molecule has 0 radical (unpaired) electrons. The van der Waals surface area contributed by atoms with E-state index in [1.54, 1.807) is 12.4 Å². The normalized spacial score (nSPS) is 11.1. The van der Waals surface area contributed by atoms with Gasteiger partial charge in [0.05, 0.1) is 24.0 Å². The van der Waals surface area contributed by atoms with Gasteiger partial charge in [0.1, 0.15) is 6.61 Å². The standard InChI is InChI=1S/C23H21N7O3/c31-10-8-25-23(32)33-14-15-1-5-18(6-2-15)27-21-22-24-7-9-30(22)13-20(28-21)16-3-4-17-12-26-29-19(17)11-16/h1-7,9,11-13,31H,8,10,14H2,(H,25,32)(H,26,29)(H,27,28). The average molecular weight is 443 g/mol. The molecule has 0 aliphatic rings. The number of fused-ring (bicyclic) bond motifs is 2. The Hall–Kier alpha value is -4.44. The number of hydrogen-bond acceptors (Lipinski definition) is 7. The van der Waals surface area contributed by atoms with Gasteiger partial charge in [0.15, 0.2) is 11.5 Å². The van der Waals surface area contributed by atoms with Crippen LogP contribution in [0.3, 0.4) is 0 Å². The third-order valence-corrected chi connectivity index (χ3v) is 5.08. The minimum atomic E-state index is -0.567. The molecule has 4 N–H and O–H groups in total. The summed E-state index contributed by atoms with van der Waals surface area (Å²) in [7, 11) is 0. The van der Waals surface area contributed by atoms with Crippen molar-refractivity contribution in [2.24, 2.45) is 0 Å². The summed E-state index contributed by atoms with van der Waals surface area (Å²) in [5, 5.41) is 22.6. The number of ether oxygens (including phenoxy) is 1. The van der Waals surface area contributed by atoms with Crippen molar-refractivity contribution in [2.45, 2.75) is 6.61 Å². The van der Waals surface area contributed by atoms with E-state index in [0.717, 1.165) is 33.4 Å². The largest absolute Gasteiger partial charge is 0.445 e. The highest BCUT2D eigenvalue weighted by atomic mass is 16.5. The van der Waals surface area contributed by atoms with E-state index in [2.05, 4.69) is 25.8 Å². The lowest BCUT2D eigenvalue weighted by Crippen LogP contribution is -2.26. The van der Waals surface area contributed by atoms with Crippen LogP contribution in [-0.4, -0.2) is 48.9 Å². The number of hydrogen-bond donors (Lipinski definition) is 4. The van der Waals surface area contributed by atoms with Gasteiger partial charge in [0, 0.05) is 41.8 Å². The molecule has 0 fully saturated rings. The summed E-state index contributed by atoms with van der Waals surface area (Å²) in [5.74, 6) is 0.620. The summed E-state index contributed by atoms with van der Waals surface area (Å²) in [6.45, 7) is 0.157. The highest BCUT2D eigenvalue weighted by molar-refractivity contribution is 5.84. The maximum Gasteiger partial charge on any atom is 0.407 e. The van der Waals surface area contributed by atoms with Crippen molar-refractivity contribution < 1.29 is 14.6 Å². The Kier molecular flexibility index (Phi) is 5.56. The zero-order valence-electron chi connectivity index (χ0n) is 17.5. The first-order valence-electron chi connectivity index (χ1n) is 10.3. The van der Waals surface area contributed by atoms with Crippen molar-refractivity contribution in [3.05, 3.63) is 72.8 Å². The highest BCUT2D eigenvalue weighted by Gasteiger charge is 2.11. The summed E-state index contributed by atoms with van der Waals surface area (Å²) >= 11 is 0. The summed E-state index contributed by atoms with van der Waals surface area (Å²) in [6.07, 6.45) is 6.76. The van der Waals surface area contributed by atoms with Crippen LogP contribution in [0.1, 0.15) is 5.56 Å². The number of aliphatic hydroxyl groups excluding tert-OH is 1. The molecule has 0 atom stereocenters. The van der Waals surface area contributed by atoms with Gasteiger partial charge in [-0.1, -0.05) is 24.3 Å². The van der Waals surface area contributed by atoms with E-state index in [9.17, 15) is 4.79 Å². The van der Waals surface area contributed by atoms with E-state index in [1.807, 2.05) is 59.3 Å². The SMILES string of the molecule is O=C(NCCO)OCc1ccc(Nc2nc(-c3ccc4cn[nH]c4c3)cn3ccnc23)cc1. The van der Waals surface area contributed by atoms with Gasteiger partial charge < -0.3 is 24.9 Å². The van der Waals surface area contributed by atoms with Crippen LogP contribution in [0, 0.1) is 0 Å². The first-order chi connectivity index (χ1) is 16.2. The zero-order chi connectivity index (χ0) is 22.6. The van der Waals surface area contributed by atoms with Crippen LogP contribution in [0.15, 0.2) is 67.3 Å². The van der Waals surface area contributed by atoms with Crippen molar-refractivity contribution in [2.75, 3.05) is 18.5 Å². The fourth-order valence-electron chi connectivity index (χ4n) is 3.43. The average Bonchev–Trinajstić information content (AvgIpc) is 3.51. The van der Waals surface area contributed by atoms with E-state index in [-0.39, 0.29) is 19.8 Å². The van der Waals surface area contributed by atoms with Crippen LogP contribution >= 0.6 is 0 Å². The number of H-pyrrole nitrogens is 1. The van der Waals surface area contributed by atoms with Gasteiger partial charge in [-0.15, -0.1) is 0 Å². The fourth-order valence-corrected chi connectivity index (χ4v) is 3.43. The maximum atomic E-state index is 11.5.